The summed E-state index contributed by atoms with van der Waals surface area (Å²) in [6.45, 7) is 4.58. The molecule has 0 bridgehead atoms. The Labute approximate surface area is 119 Å². The van der Waals surface area contributed by atoms with Crippen molar-refractivity contribution in [2.45, 2.75) is 38.3 Å². The minimum absolute atomic E-state index is 0.143. The van der Waals surface area contributed by atoms with Crippen LogP contribution in [0.1, 0.15) is 36.3 Å². The van der Waals surface area contributed by atoms with Crippen LogP contribution in [0.3, 0.4) is 0 Å². The van der Waals surface area contributed by atoms with Gasteiger partial charge in [-0.3, -0.25) is 0 Å². The van der Waals surface area contributed by atoms with E-state index in [1.807, 2.05) is 0 Å². The lowest BCUT2D eigenvalue weighted by Crippen LogP contribution is -2.34. The van der Waals surface area contributed by atoms with Crippen molar-refractivity contribution in [3.8, 4) is 0 Å². The zero-order valence-electron chi connectivity index (χ0n) is 12.0. The van der Waals surface area contributed by atoms with Gasteiger partial charge in [0.25, 0.3) is 0 Å². The monoisotopic (exact) mass is 281 g/mol. The van der Waals surface area contributed by atoms with Crippen LogP contribution in [-0.2, 0) is 6.61 Å². The van der Waals surface area contributed by atoms with Crippen LogP contribution < -0.4 is 4.90 Å². The molecule has 4 nitrogen and oxygen atoms in total. The summed E-state index contributed by atoms with van der Waals surface area (Å²) >= 11 is 1.69. The molecule has 0 amide bonds. The van der Waals surface area contributed by atoms with E-state index in [4.69, 9.17) is 4.98 Å². The first-order chi connectivity index (χ1) is 9.10. The number of rotatable bonds is 4. The molecular weight excluding hydrogens is 258 g/mol. The molecule has 1 aliphatic carbocycles. The summed E-state index contributed by atoms with van der Waals surface area (Å²) in [5.41, 5.74) is 1.17. The molecule has 1 aliphatic heterocycles. The maximum Gasteiger partial charge on any atom is 0.185 e. The highest BCUT2D eigenvalue weighted by Gasteiger charge is 2.35. The van der Waals surface area contributed by atoms with E-state index in [2.05, 4.69) is 30.8 Å². The van der Waals surface area contributed by atoms with Crippen molar-refractivity contribution >= 4 is 16.5 Å². The average Bonchev–Trinajstić information content (AvgIpc) is 3.00. The zero-order valence-corrected chi connectivity index (χ0v) is 12.8. The van der Waals surface area contributed by atoms with Gasteiger partial charge in [0, 0.05) is 25.0 Å². The number of thiazole rings is 1. The highest BCUT2D eigenvalue weighted by Crippen LogP contribution is 2.44. The minimum atomic E-state index is 0.143. The third kappa shape index (κ3) is 2.51. The van der Waals surface area contributed by atoms with Gasteiger partial charge >= 0.3 is 0 Å². The zero-order chi connectivity index (χ0) is 13.6. The molecule has 106 valence electrons. The second kappa shape index (κ2) is 5.04. The van der Waals surface area contributed by atoms with Crippen LogP contribution in [0.2, 0.25) is 0 Å². The Hall–Kier alpha value is -0.650. The molecule has 2 aliphatic rings. The quantitative estimate of drug-likeness (QED) is 0.915. The molecule has 0 radical (unpaired) electrons. The van der Waals surface area contributed by atoms with Gasteiger partial charge in [-0.15, -0.1) is 0 Å². The predicted molar refractivity (Wildman–Crippen MR) is 78.9 cm³/mol. The number of aliphatic hydroxyl groups is 1. The van der Waals surface area contributed by atoms with E-state index < -0.39 is 0 Å². The van der Waals surface area contributed by atoms with Gasteiger partial charge in [0.05, 0.1) is 17.2 Å². The standard InChI is InChI=1S/C14H23N3OS/c1-9-6-17(7-11(9)16(2)3)14-15-13(10-4-5-10)12(8-18)19-14/h9-11,18H,4-8H2,1-3H3. The van der Waals surface area contributed by atoms with Crippen LogP contribution in [0.4, 0.5) is 5.13 Å². The third-order valence-electron chi connectivity index (χ3n) is 4.33. The van der Waals surface area contributed by atoms with E-state index in [-0.39, 0.29) is 6.61 Å². The highest BCUT2D eigenvalue weighted by molar-refractivity contribution is 7.15. The highest BCUT2D eigenvalue weighted by atomic mass is 32.1. The van der Waals surface area contributed by atoms with Crippen LogP contribution in [-0.4, -0.2) is 48.2 Å². The van der Waals surface area contributed by atoms with Crippen molar-refractivity contribution in [1.29, 1.82) is 0 Å². The van der Waals surface area contributed by atoms with Crippen LogP contribution in [0.15, 0.2) is 0 Å². The molecule has 0 spiro atoms. The summed E-state index contributed by atoms with van der Waals surface area (Å²) in [5.74, 6) is 1.29. The lowest BCUT2D eigenvalue weighted by Gasteiger charge is -2.22. The Balaban J connectivity index is 1.79. The van der Waals surface area contributed by atoms with E-state index in [1.54, 1.807) is 11.3 Å². The summed E-state index contributed by atoms with van der Waals surface area (Å²) in [5, 5.41) is 10.6. The first-order valence-electron chi connectivity index (χ1n) is 7.12. The first kappa shape index (κ1) is 13.3. The smallest absolute Gasteiger partial charge is 0.185 e. The fourth-order valence-corrected chi connectivity index (χ4v) is 4.08. The molecule has 1 aromatic rings. The number of nitrogens with zero attached hydrogens (tertiary/aromatic N) is 3. The molecule has 19 heavy (non-hydrogen) atoms. The molecule has 1 saturated heterocycles. The van der Waals surface area contributed by atoms with Crippen LogP contribution in [0.25, 0.3) is 0 Å². The molecule has 2 atom stereocenters. The molecule has 2 heterocycles. The maximum atomic E-state index is 9.49. The molecule has 2 unspecified atom stereocenters. The van der Waals surface area contributed by atoms with Gasteiger partial charge in [-0.25, -0.2) is 4.98 Å². The van der Waals surface area contributed by atoms with E-state index in [1.165, 1.54) is 18.5 Å². The topological polar surface area (TPSA) is 39.6 Å². The normalized spacial score (nSPS) is 27.5. The Kier molecular flexibility index (Phi) is 3.53. The Morgan fingerprint density at radius 2 is 2.11 bits per heavy atom. The van der Waals surface area contributed by atoms with E-state index in [9.17, 15) is 5.11 Å². The number of aliphatic hydroxyl groups excluding tert-OH is 1. The van der Waals surface area contributed by atoms with Crippen molar-refractivity contribution in [1.82, 2.24) is 9.88 Å². The third-order valence-corrected chi connectivity index (χ3v) is 5.45. The van der Waals surface area contributed by atoms with Crippen molar-refractivity contribution in [2.24, 2.45) is 5.92 Å². The number of hydrogen-bond acceptors (Lipinski definition) is 5. The molecular formula is C14H23N3OS. The van der Waals surface area contributed by atoms with Gasteiger partial charge in [-0.1, -0.05) is 18.3 Å². The molecule has 0 aromatic carbocycles. The van der Waals surface area contributed by atoms with Gasteiger partial charge < -0.3 is 14.9 Å². The largest absolute Gasteiger partial charge is 0.391 e. The van der Waals surface area contributed by atoms with E-state index >= 15 is 0 Å². The van der Waals surface area contributed by atoms with Gasteiger partial charge in [-0.2, -0.15) is 0 Å². The maximum absolute atomic E-state index is 9.49. The molecule has 5 heteroatoms. The fourth-order valence-electron chi connectivity index (χ4n) is 3.05. The van der Waals surface area contributed by atoms with Crippen molar-refractivity contribution in [3.63, 3.8) is 0 Å². The van der Waals surface area contributed by atoms with Crippen molar-refractivity contribution < 1.29 is 5.11 Å². The van der Waals surface area contributed by atoms with E-state index in [0.29, 0.717) is 17.9 Å². The van der Waals surface area contributed by atoms with Crippen molar-refractivity contribution in [3.05, 3.63) is 10.6 Å². The Morgan fingerprint density at radius 1 is 1.37 bits per heavy atom. The van der Waals surface area contributed by atoms with Crippen LogP contribution in [0, 0.1) is 5.92 Å². The Bertz CT molecular complexity index is 456. The molecule has 3 rings (SSSR count). The van der Waals surface area contributed by atoms with Gasteiger partial charge in [0.15, 0.2) is 5.13 Å². The van der Waals surface area contributed by atoms with Gasteiger partial charge in [0.1, 0.15) is 0 Å². The summed E-state index contributed by atoms with van der Waals surface area (Å²) in [7, 11) is 4.31. The first-order valence-corrected chi connectivity index (χ1v) is 7.93. The lowest BCUT2D eigenvalue weighted by molar-refractivity contribution is 0.266. The number of aromatic nitrogens is 1. The molecule has 1 aromatic heterocycles. The number of hydrogen-bond donors (Lipinski definition) is 1. The van der Waals surface area contributed by atoms with Crippen LogP contribution in [0.5, 0.6) is 0 Å². The second-order valence-electron chi connectivity index (χ2n) is 6.15. The Morgan fingerprint density at radius 3 is 2.63 bits per heavy atom. The lowest BCUT2D eigenvalue weighted by atomic mass is 10.1. The summed E-state index contributed by atoms with van der Waals surface area (Å²) in [4.78, 5) is 10.6. The average molecular weight is 281 g/mol. The summed E-state index contributed by atoms with van der Waals surface area (Å²) in [6.07, 6.45) is 2.49. The second-order valence-corrected chi connectivity index (χ2v) is 7.21. The number of anilines is 1. The predicted octanol–water partition coefficient (Wildman–Crippen LogP) is 1.90. The number of likely N-dealkylation sites (N-methyl/N-ethyl adjacent to an activating group) is 1. The fraction of sp³-hybridized carbons (Fsp3) is 0.786. The van der Waals surface area contributed by atoms with E-state index in [0.717, 1.165) is 23.1 Å². The summed E-state index contributed by atoms with van der Waals surface area (Å²) in [6, 6.07) is 0.603. The van der Waals surface area contributed by atoms with Crippen LogP contribution >= 0.6 is 11.3 Å². The molecule has 1 saturated carbocycles. The minimum Gasteiger partial charge on any atom is -0.391 e. The van der Waals surface area contributed by atoms with Gasteiger partial charge in [0.2, 0.25) is 0 Å². The SMILES string of the molecule is CC1CN(c2nc(C3CC3)c(CO)s2)CC1N(C)C. The summed E-state index contributed by atoms with van der Waals surface area (Å²) < 4.78 is 0. The molecule has 1 N–H and O–H groups in total. The van der Waals surface area contributed by atoms with Gasteiger partial charge in [-0.05, 0) is 32.9 Å². The van der Waals surface area contributed by atoms with Crippen molar-refractivity contribution in [2.75, 3.05) is 32.1 Å². The molecule has 2 fully saturated rings.